The second-order valence-electron chi connectivity index (χ2n) is 5.54. The van der Waals surface area contributed by atoms with Gasteiger partial charge in [0.2, 0.25) is 0 Å². The molecule has 0 saturated heterocycles. The predicted molar refractivity (Wildman–Crippen MR) is 111 cm³/mol. The first-order valence-electron chi connectivity index (χ1n) is 8.16. The molecule has 0 aromatic heterocycles. The first-order valence-corrected chi connectivity index (χ1v) is 8.95. The number of hydrazone groups is 1. The van der Waals surface area contributed by atoms with Gasteiger partial charge in [0.25, 0.3) is 0 Å². The Labute approximate surface area is 164 Å². The number of benzene rings is 2. The summed E-state index contributed by atoms with van der Waals surface area (Å²) in [6.45, 7) is 5.14. The summed E-state index contributed by atoms with van der Waals surface area (Å²) < 4.78 is 11.3. The monoisotopic (exact) mass is 391 g/mol. The van der Waals surface area contributed by atoms with Gasteiger partial charge in [0.05, 0.1) is 18.3 Å². The number of aryl methyl sites for hydroxylation is 1. The maximum atomic E-state index is 6.38. The second kappa shape index (κ2) is 9.99. The van der Waals surface area contributed by atoms with Gasteiger partial charge in [-0.25, -0.2) is 0 Å². The van der Waals surface area contributed by atoms with Gasteiger partial charge in [-0.2, -0.15) is 5.10 Å². The topological polar surface area (TPSA) is 54.9 Å². The highest BCUT2D eigenvalue weighted by molar-refractivity contribution is 7.80. The van der Waals surface area contributed by atoms with E-state index in [1.807, 2.05) is 32.0 Å². The summed E-state index contributed by atoms with van der Waals surface area (Å²) in [5, 5.41) is 7.93. The van der Waals surface area contributed by atoms with Crippen LogP contribution in [-0.2, 0) is 6.61 Å². The van der Waals surface area contributed by atoms with E-state index in [0.717, 1.165) is 17.7 Å². The molecule has 5 nitrogen and oxygen atoms in total. The van der Waals surface area contributed by atoms with E-state index in [4.69, 9.17) is 33.3 Å². The summed E-state index contributed by atoms with van der Waals surface area (Å²) in [5.41, 5.74) is 5.74. The molecule has 7 heteroatoms. The highest BCUT2D eigenvalue weighted by Crippen LogP contribution is 2.36. The molecule has 0 aliphatic carbocycles. The molecule has 0 saturated carbocycles. The highest BCUT2D eigenvalue weighted by Gasteiger charge is 2.12. The summed E-state index contributed by atoms with van der Waals surface area (Å²) in [4.78, 5) is 0. The van der Waals surface area contributed by atoms with Crippen LogP contribution in [0.15, 0.2) is 41.5 Å². The molecular weight excluding hydrogens is 370 g/mol. The van der Waals surface area contributed by atoms with E-state index in [2.05, 4.69) is 21.9 Å². The third kappa shape index (κ3) is 5.89. The molecule has 2 aromatic carbocycles. The van der Waals surface area contributed by atoms with Crippen LogP contribution in [-0.4, -0.2) is 25.0 Å². The van der Waals surface area contributed by atoms with Crippen LogP contribution in [0.3, 0.4) is 0 Å². The van der Waals surface area contributed by atoms with Crippen LogP contribution < -0.4 is 20.2 Å². The molecule has 0 heterocycles. The Morgan fingerprint density at radius 3 is 2.81 bits per heavy atom. The SMILES string of the molecule is CCNC(=S)N/N=C\c1cc(Cl)c(OCc2cccc(C)c2)c(OC)c1. The van der Waals surface area contributed by atoms with Gasteiger partial charge >= 0.3 is 0 Å². The van der Waals surface area contributed by atoms with Crippen molar-refractivity contribution in [3.8, 4) is 11.5 Å². The Bertz CT molecular complexity index is 796. The maximum Gasteiger partial charge on any atom is 0.186 e. The first kappa shape index (κ1) is 20.0. The summed E-state index contributed by atoms with van der Waals surface area (Å²) in [5.74, 6) is 1.05. The van der Waals surface area contributed by atoms with Crippen molar-refractivity contribution in [2.75, 3.05) is 13.7 Å². The number of halogens is 1. The molecule has 0 aliphatic heterocycles. The number of nitrogens with one attached hydrogen (secondary N) is 2. The van der Waals surface area contributed by atoms with E-state index in [0.29, 0.717) is 28.2 Å². The van der Waals surface area contributed by atoms with E-state index in [-0.39, 0.29) is 0 Å². The smallest absolute Gasteiger partial charge is 0.186 e. The molecule has 26 heavy (non-hydrogen) atoms. The van der Waals surface area contributed by atoms with Crippen molar-refractivity contribution in [3.63, 3.8) is 0 Å². The number of rotatable bonds is 7. The van der Waals surface area contributed by atoms with E-state index in [1.54, 1.807) is 25.5 Å². The van der Waals surface area contributed by atoms with Crippen LogP contribution in [0.2, 0.25) is 5.02 Å². The number of nitrogens with zero attached hydrogens (tertiary/aromatic N) is 1. The molecule has 2 rings (SSSR count). The molecule has 138 valence electrons. The fraction of sp³-hybridized carbons (Fsp3) is 0.263. The molecule has 0 spiro atoms. The van der Waals surface area contributed by atoms with E-state index >= 15 is 0 Å². The molecule has 2 aromatic rings. The van der Waals surface area contributed by atoms with E-state index in [9.17, 15) is 0 Å². The normalized spacial score (nSPS) is 10.6. The zero-order valence-corrected chi connectivity index (χ0v) is 16.6. The summed E-state index contributed by atoms with van der Waals surface area (Å²) >= 11 is 11.4. The van der Waals surface area contributed by atoms with Crippen molar-refractivity contribution in [1.82, 2.24) is 10.7 Å². The van der Waals surface area contributed by atoms with Crippen LogP contribution in [0.4, 0.5) is 0 Å². The quantitative estimate of drug-likeness (QED) is 0.423. The minimum absolute atomic E-state index is 0.406. The zero-order valence-electron chi connectivity index (χ0n) is 15.0. The van der Waals surface area contributed by atoms with Gasteiger partial charge in [0.1, 0.15) is 6.61 Å². The van der Waals surface area contributed by atoms with Gasteiger partial charge in [-0.3, -0.25) is 5.43 Å². The van der Waals surface area contributed by atoms with E-state index < -0.39 is 0 Å². The largest absolute Gasteiger partial charge is 0.493 e. The Morgan fingerprint density at radius 1 is 1.31 bits per heavy atom. The van der Waals surface area contributed by atoms with Crippen molar-refractivity contribution in [2.45, 2.75) is 20.5 Å². The molecule has 0 atom stereocenters. The van der Waals surface area contributed by atoms with E-state index in [1.165, 1.54) is 5.56 Å². The molecule has 2 N–H and O–H groups in total. The summed E-state index contributed by atoms with van der Waals surface area (Å²) in [6, 6.07) is 11.7. The average Bonchev–Trinajstić information content (AvgIpc) is 2.60. The van der Waals surface area contributed by atoms with Gasteiger partial charge in [-0.15, -0.1) is 0 Å². The van der Waals surface area contributed by atoms with Crippen LogP contribution in [0, 0.1) is 6.92 Å². The van der Waals surface area contributed by atoms with Gasteiger partial charge in [-0.05, 0) is 49.3 Å². The molecule has 0 amide bonds. The van der Waals surface area contributed by atoms with Gasteiger partial charge in [0, 0.05) is 6.54 Å². The lowest BCUT2D eigenvalue weighted by atomic mass is 10.1. The number of hydrogen-bond acceptors (Lipinski definition) is 4. The fourth-order valence-corrected chi connectivity index (χ4v) is 2.75. The molecular formula is C19H22ClN3O2S. The van der Waals surface area contributed by atoms with Crippen LogP contribution in [0.25, 0.3) is 0 Å². The maximum absolute atomic E-state index is 6.38. The van der Waals surface area contributed by atoms with Gasteiger partial charge in [0.15, 0.2) is 16.6 Å². The first-order chi connectivity index (χ1) is 12.5. The predicted octanol–water partition coefficient (Wildman–Crippen LogP) is 4.05. The van der Waals surface area contributed by atoms with Crippen molar-refractivity contribution < 1.29 is 9.47 Å². The number of ether oxygens (including phenoxy) is 2. The third-order valence-corrected chi connectivity index (χ3v) is 3.95. The van der Waals surface area contributed by atoms with Crippen molar-refractivity contribution >= 4 is 35.1 Å². The number of hydrogen-bond donors (Lipinski definition) is 2. The average molecular weight is 392 g/mol. The molecule has 0 bridgehead atoms. The Balaban J connectivity index is 2.10. The molecule has 0 fully saturated rings. The van der Waals surface area contributed by atoms with Crippen molar-refractivity contribution in [3.05, 3.63) is 58.1 Å². The molecule has 0 radical (unpaired) electrons. The van der Waals surface area contributed by atoms with Crippen molar-refractivity contribution in [2.24, 2.45) is 5.10 Å². The second-order valence-corrected chi connectivity index (χ2v) is 6.36. The molecule has 0 aliphatic rings. The van der Waals surface area contributed by atoms with Crippen molar-refractivity contribution in [1.29, 1.82) is 0 Å². The Morgan fingerprint density at radius 2 is 2.12 bits per heavy atom. The molecule has 0 unspecified atom stereocenters. The Kier molecular flexibility index (Phi) is 7.69. The summed E-state index contributed by atoms with van der Waals surface area (Å²) in [7, 11) is 1.57. The lowest BCUT2D eigenvalue weighted by molar-refractivity contribution is 0.284. The zero-order chi connectivity index (χ0) is 18.9. The number of methoxy groups -OCH3 is 1. The fourth-order valence-electron chi connectivity index (χ4n) is 2.28. The van der Waals surface area contributed by atoms with Crippen LogP contribution >= 0.6 is 23.8 Å². The lowest BCUT2D eigenvalue weighted by Gasteiger charge is -2.13. The standard InChI is InChI=1S/C19H22ClN3O2S/c1-4-21-19(26)23-22-11-15-9-16(20)18(17(10-15)24-3)25-12-14-7-5-6-13(2)8-14/h5-11H,4,12H2,1-3H3,(H2,21,23,26)/b22-11-. The third-order valence-electron chi connectivity index (χ3n) is 3.43. The highest BCUT2D eigenvalue weighted by atomic mass is 35.5. The van der Waals surface area contributed by atoms with Crippen LogP contribution in [0.1, 0.15) is 23.6 Å². The lowest BCUT2D eigenvalue weighted by Crippen LogP contribution is -2.31. The minimum Gasteiger partial charge on any atom is -0.493 e. The number of thiocarbonyl (C=S) groups is 1. The summed E-state index contributed by atoms with van der Waals surface area (Å²) in [6.07, 6.45) is 1.61. The van der Waals surface area contributed by atoms with Gasteiger partial charge in [-0.1, -0.05) is 41.4 Å². The Hall–Kier alpha value is -2.31. The van der Waals surface area contributed by atoms with Gasteiger partial charge < -0.3 is 14.8 Å². The minimum atomic E-state index is 0.406. The van der Waals surface area contributed by atoms with Crippen LogP contribution in [0.5, 0.6) is 11.5 Å².